The van der Waals surface area contributed by atoms with Gasteiger partial charge >= 0.3 is 31.3 Å². The number of alkyl halides is 6. The van der Waals surface area contributed by atoms with Crippen LogP contribution in [0.5, 0.6) is 5.75 Å². The molecule has 0 unspecified atom stereocenters. The van der Waals surface area contributed by atoms with Crippen LogP contribution in [-0.4, -0.2) is 27.9 Å². The van der Waals surface area contributed by atoms with Gasteiger partial charge in [0.25, 0.3) is 0 Å². The Balaban J connectivity index is 2.38. The van der Waals surface area contributed by atoms with E-state index < -0.39 is 42.8 Å². The topological polar surface area (TPSA) is 86.7 Å². The predicted molar refractivity (Wildman–Crippen MR) is 79.0 cm³/mol. The summed E-state index contributed by atoms with van der Waals surface area (Å²) in [4.78, 5) is 0. The molecular weight excluding hydrogens is 430 g/mol. The Kier molecular flexibility index (Phi) is 5.45. The molecule has 0 saturated carbocycles. The fourth-order valence-electron chi connectivity index (χ4n) is 2.11. The molecule has 0 N–H and O–H groups in total. The lowest BCUT2D eigenvalue weighted by atomic mass is 10.0. The van der Waals surface area contributed by atoms with Crippen LogP contribution in [0.4, 0.5) is 26.3 Å². The van der Waals surface area contributed by atoms with Gasteiger partial charge in [-0.05, 0) is 42.2 Å². The van der Waals surface area contributed by atoms with Crippen molar-refractivity contribution in [2.75, 3.05) is 0 Å². The van der Waals surface area contributed by atoms with Gasteiger partial charge in [-0.15, -0.1) is 0 Å². The molecule has 1 aliphatic carbocycles. The Morgan fingerprint density at radius 1 is 0.815 bits per heavy atom. The number of hydrogen-bond acceptors (Lipinski definition) is 6. The number of halogens is 6. The van der Waals surface area contributed by atoms with Gasteiger partial charge in [-0.2, -0.15) is 43.2 Å². The zero-order valence-corrected chi connectivity index (χ0v) is 14.6. The number of hydrogen-bond donors (Lipinski definition) is 0. The number of allylic oxidation sites excluding steroid dienone is 1. The van der Waals surface area contributed by atoms with Crippen LogP contribution >= 0.6 is 0 Å². The molecule has 0 amide bonds. The van der Waals surface area contributed by atoms with Gasteiger partial charge < -0.3 is 8.37 Å². The standard InChI is InChI=1S/C13H10F6O6S2/c14-12(15,16)26(20,21)24-10-3-1-2-8-4-5-11(7-9(8)6-10)25-27(22,23)13(17,18)19/h4-7H,1-3H2. The second kappa shape index (κ2) is 6.89. The molecule has 1 aliphatic rings. The molecule has 14 heteroatoms. The molecule has 27 heavy (non-hydrogen) atoms. The summed E-state index contributed by atoms with van der Waals surface area (Å²) in [5, 5.41) is 0. The van der Waals surface area contributed by atoms with Crippen molar-refractivity contribution in [3.05, 3.63) is 35.1 Å². The van der Waals surface area contributed by atoms with E-state index in [1.54, 1.807) is 0 Å². The van der Waals surface area contributed by atoms with E-state index in [4.69, 9.17) is 0 Å². The fourth-order valence-corrected chi connectivity index (χ4v) is 3.07. The summed E-state index contributed by atoms with van der Waals surface area (Å²) in [5.74, 6) is -1.34. The van der Waals surface area contributed by atoms with Crippen LogP contribution in [-0.2, 0) is 30.8 Å². The molecule has 0 radical (unpaired) electrons. The second-order valence-electron chi connectivity index (χ2n) is 5.29. The summed E-state index contributed by atoms with van der Waals surface area (Å²) in [6.07, 6.45) is 1.10. The van der Waals surface area contributed by atoms with Crippen LogP contribution in [0.25, 0.3) is 6.08 Å². The molecule has 6 nitrogen and oxygen atoms in total. The van der Waals surface area contributed by atoms with E-state index in [0.717, 1.165) is 18.2 Å². The minimum Gasteiger partial charge on any atom is -0.381 e. The number of aryl methyl sites for hydroxylation is 1. The molecule has 0 saturated heterocycles. The molecule has 1 aromatic carbocycles. The summed E-state index contributed by atoms with van der Waals surface area (Å²) in [6.45, 7) is 0. The van der Waals surface area contributed by atoms with Crippen LogP contribution in [0.2, 0.25) is 0 Å². The molecule has 0 atom stereocenters. The van der Waals surface area contributed by atoms with Gasteiger partial charge in [0.15, 0.2) is 0 Å². The van der Waals surface area contributed by atoms with E-state index in [1.807, 2.05) is 0 Å². The predicted octanol–water partition coefficient (Wildman–Crippen LogP) is 3.46. The minimum absolute atomic E-state index is 0.0326. The highest BCUT2D eigenvalue weighted by molar-refractivity contribution is 7.88. The monoisotopic (exact) mass is 440 g/mol. The Morgan fingerprint density at radius 3 is 1.93 bits per heavy atom. The maximum Gasteiger partial charge on any atom is 0.534 e. The number of benzene rings is 1. The summed E-state index contributed by atoms with van der Waals surface area (Å²) in [5.41, 5.74) is -10.9. The summed E-state index contributed by atoms with van der Waals surface area (Å²) < 4.78 is 127. The molecule has 0 bridgehead atoms. The number of fused-ring (bicyclic) bond motifs is 1. The van der Waals surface area contributed by atoms with E-state index in [1.165, 1.54) is 6.07 Å². The fraction of sp³-hybridized carbons (Fsp3) is 0.385. The molecule has 2 rings (SSSR count). The SMILES string of the molecule is O=S(=O)(OC1=Cc2cc(OS(=O)(=O)C(F)(F)F)ccc2CCC1)C(F)(F)F. The minimum atomic E-state index is -5.94. The first kappa shape index (κ1) is 21.3. The Hall–Kier alpha value is -1.96. The zero-order chi connectivity index (χ0) is 20.7. The van der Waals surface area contributed by atoms with Crippen molar-refractivity contribution in [3.8, 4) is 5.75 Å². The van der Waals surface area contributed by atoms with Gasteiger partial charge in [0.05, 0.1) is 0 Å². The third kappa shape index (κ3) is 4.86. The van der Waals surface area contributed by atoms with Crippen LogP contribution in [0.3, 0.4) is 0 Å². The summed E-state index contributed by atoms with van der Waals surface area (Å²) in [6, 6.07) is 2.98. The second-order valence-corrected chi connectivity index (χ2v) is 8.37. The lowest BCUT2D eigenvalue weighted by Crippen LogP contribution is -2.28. The van der Waals surface area contributed by atoms with Crippen molar-refractivity contribution in [2.24, 2.45) is 0 Å². The van der Waals surface area contributed by atoms with Gasteiger partial charge in [0.2, 0.25) is 0 Å². The van der Waals surface area contributed by atoms with Crippen molar-refractivity contribution in [1.29, 1.82) is 0 Å². The van der Waals surface area contributed by atoms with Gasteiger partial charge in [0.1, 0.15) is 11.5 Å². The van der Waals surface area contributed by atoms with Crippen molar-refractivity contribution >= 4 is 26.3 Å². The maximum absolute atomic E-state index is 12.4. The van der Waals surface area contributed by atoms with Crippen LogP contribution in [0.15, 0.2) is 24.0 Å². The molecule has 0 aromatic heterocycles. The molecule has 0 spiro atoms. The third-order valence-electron chi connectivity index (χ3n) is 3.29. The van der Waals surface area contributed by atoms with E-state index in [2.05, 4.69) is 8.37 Å². The highest BCUT2D eigenvalue weighted by Crippen LogP contribution is 2.33. The quantitative estimate of drug-likeness (QED) is 0.405. The summed E-state index contributed by atoms with van der Waals surface area (Å²) >= 11 is 0. The molecular formula is C13H10F6O6S2. The third-order valence-corrected chi connectivity index (χ3v) is 5.27. The van der Waals surface area contributed by atoms with Gasteiger partial charge in [-0.1, -0.05) is 6.07 Å². The van der Waals surface area contributed by atoms with Crippen molar-refractivity contribution < 1.29 is 51.5 Å². The molecule has 0 aliphatic heterocycles. The van der Waals surface area contributed by atoms with E-state index >= 15 is 0 Å². The largest absolute Gasteiger partial charge is 0.534 e. The van der Waals surface area contributed by atoms with Crippen LogP contribution in [0, 0.1) is 0 Å². The Morgan fingerprint density at radius 2 is 1.37 bits per heavy atom. The van der Waals surface area contributed by atoms with Gasteiger partial charge in [-0.3, -0.25) is 0 Å². The summed E-state index contributed by atoms with van der Waals surface area (Å²) in [7, 11) is -11.9. The highest BCUT2D eigenvalue weighted by Gasteiger charge is 2.49. The number of rotatable bonds is 4. The molecule has 1 aromatic rings. The molecule has 0 heterocycles. The first-order valence-electron chi connectivity index (χ1n) is 6.97. The normalized spacial score (nSPS) is 16.1. The first-order valence-corrected chi connectivity index (χ1v) is 9.79. The zero-order valence-electron chi connectivity index (χ0n) is 13.0. The van der Waals surface area contributed by atoms with Crippen molar-refractivity contribution in [2.45, 2.75) is 30.3 Å². The lowest BCUT2D eigenvalue weighted by molar-refractivity contribution is -0.0523. The Bertz CT molecular complexity index is 960. The van der Waals surface area contributed by atoms with E-state index in [0.29, 0.717) is 5.56 Å². The lowest BCUT2D eigenvalue weighted by Gasteiger charge is -2.12. The molecule has 0 fully saturated rings. The smallest absolute Gasteiger partial charge is 0.381 e. The van der Waals surface area contributed by atoms with Crippen LogP contribution in [0.1, 0.15) is 24.0 Å². The Labute approximate surface area is 149 Å². The molecule has 152 valence electrons. The van der Waals surface area contributed by atoms with Crippen LogP contribution < -0.4 is 4.18 Å². The highest BCUT2D eigenvalue weighted by atomic mass is 32.2. The van der Waals surface area contributed by atoms with E-state index in [-0.39, 0.29) is 24.8 Å². The first-order chi connectivity index (χ1) is 12.1. The van der Waals surface area contributed by atoms with Crippen molar-refractivity contribution in [1.82, 2.24) is 0 Å². The average molecular weight is 440 g/mol. The van der Waals surface area contributed by atoms with Gasteiger partial charge in [-0.25, -0.2) is 0 Å². The van der Waals surface area contributed by atoms with E-state index in [9.17, 15) is 43.2 Å². The maximum atomic E-state index is 12.4. The average Bonchev–Trinajstić information content (AvgIpc) is 2.65. The van der Waals surface area contributed by atoms with Gasteiger partial charge in [0, 0.05) is 6.42 Å². The van der Waals surface area contributed by atoms with Crippen molar-refractivity contribution in [3.63, 3.8) is 0 Å².